The second kappa shape index (κ2) is 6.41. The van der Waals surface area contributed by atoms with Gasteiger partial charge in [-0.15, -0.1) is 11.3 Å². The van der Waals surface area contributed by atoms with E-state index in [9.17, 15) is 0 Å². The van der Waals surface area contributed by atoms with Gasteiger partial charge in [0.2, 0.25) is 5.28 Å². The lowest BCUT2D eigenvalue weighted by atomic mass is 10.1. The lowest BCUT2D eigenvalue weighted by molar-refractivity contribution is 0.704. The summed E-state index contributed by atoms with van der Waals surface area (Å²) in [6, 6.07) is 12.9. The van der Waals surface area contributed by atoms with E-state index in [0.29, 0.717) is 11.3 Å². The van der Waals surface area contributed by atoms with E-state index in [4.69, 9.17) is 11.6 Å². The van der Waals surface area contributed by atoms with Gasteiger partial charge in [0.15, 0.2) is 0 Å². The number of halogens is 1. The number of nitrogens with one attached hydrogen (secondary N) is 1. The van der Waals surface area contributed by atoms with Crippen molar-refractivity contribution in [1.82, 2.24) is 9.97 Å². The van der Waals surface area contributed by atoms with Crippen molar-refractivity contribution in [1.29, 1.82) is 0 Å². The van der Waals surface area contributed by atoms with Gasteiger partial charge in [0.1, 0.15) is 10.6 Å². The average Bonchev–Trinajstić information content (AvgIpc) is 2.94. The van der Waals surface area contributed by atoms with Crippen LogP contribution in [0.2, 0.25) is 5.28 Å². The van der Waals surface area contributed by atoms with Crippen LogP contribution >= 0.6 is 22.9 Å². The number of thiophene rings is 1. The Balaban J connectivity index is 1.68. The van der Waals surface area contributed by atoms with Gasteiger partial charge in [0, 0.05) is 6.04 Å². The summed E-state index contributed by atoms with van der Waals surface area (Å²) < 4.78 is 0. The summed E-state index contributed by atoms with van der Waals surface area (Å²) in [5, 5.41) is 6.79. The molecule has 5 heteroatoms. The van der Waals surface area contributed by atoms with Crippen molar-refractivity contribution in [3.8, 4) is 0 Å². The largest absolute Gasteiger partial charge is 0.367 e. The monoisotopic (exact) mass is 317 g/mol. The number of nitrogens with zero attached hydrogens (tertiary/aromatic N) is 2. The normalized spacial score (nSPS) is 12.5. The number of anilines is 1. The molecule has 1 N–H and O–H groups in total. The molecule has 1 unspecified atom stereocenters. The van der Waals surface area contributed by atoms with Crippen molar-refractivity contribution in [2.24, 2.45) is 0 Å². The fourth-order valence-electron chi connectivity index (χ4n) is 2.27. The highest BCUT2D eigenvalue weighted by Gasteiger charge is 2.10. The third kappa shape index (κ3) is 3.52. The van der Waals surface area contributed by atoms with E-state index in [1.165, 1.54) is 5.56 Å². The zero-order valence-electron chi connectivity index (χ0n) is 11.7. The summed E-state index contributed by atoms with van der Waals surface area (Å²) in [7, 11) is 0. The Labute approximate surface area is 133 Å². The fraction of sp³-hybridized carbons (Fsp3) is 0.250. The Morgan fingerprint density at radius 2 is 2.00 bits per heavy atom. The molecule has 0 aliphatic rings. The predicted octanol–water partition coefficient (Wildman–Crippen LogP) is 4.78. The third-order valence-corrected chi connectivity index (χ3v) is 4.37. The standard InChI is InChI=1S/C16H16ClN3S/c1-11(7-8-12-5-3-2-4-6-12)18-14-13-9-10-21-15(13)20-16(17)19-14/h2-6,9-11H,7-8H2,1H3,(H,18,19,20). The van der Waals surface area contributed by atoms with Crippen molar-refractivity contribution in [3.05, 3.63) is 52.6 Å². The molecule has 0 amide bonds. The Bertz CT molecular complexity index is 727. The fourth-order valence-corrected chi connectivity index (χ4v) is 3.26. The minimum atomic E-state index is 0.294. The van der Waals surface area contributed by atoms with Gasteiger partial charge in [-0.05, 0) is 48.4 Å². The molecule has 3 aromatic rings. The number of benzene rings is 1. The summed E-state index contributed by atoms with van der Waals surface area (Å²) in [5.74, 6) is 0.826. The van der Waals surface area contributed by atoms with E-state index < -0.39 is 0 Å². The van der Waals surface area contributed by atoms with Gasteiger partial charge in [0.05, 0.1) is 5.39 Å². The second-order valence-corrected chi connectivity index (χ2v) is 6.28. The first-order valence-corrected chi connectivity index (χ1v) is 8.19. The van der Waals surface area contributed by atoms with E-state index in [-0.39, 0.29) is 0 Å². The van der Waals surface area contributed by atoms with Crippen LogP contribution in [0.4, 0.5) is 5.82 Å². The third-order valence-electron chi connectivity index (χ3n) is 3.39. The average molecular weight is 318 g/mol. The quantitative estimate of drug-likeness (QED) is 0.688. The van der Waals surface area contributed by atoms with E-state index in [1.54, 1.807) is 11.3 Å². The summed E-state index contributed by atoms with van der Waals surface area (Å²) in [4.78, 5) is 9.47. The zero-order chi connectivity index (χ0) is 14.7. The number of hydrogen-bond donors (Lipinski definition) is 1. The molecule has 1 aromatic carbocycles. The van der Waals surface area contributed by atoms with Gasteiger partial charge in [0.25, 0.3) is 0 Å². The van der Waals surface area contributed by atoms with Crippen LogP contribution in [0.1, 0.15) is 18.9 Å². The molecule has 0 fully saturated rings. The molecule has 0 spiro atoms. The molecule has 2 aromatic heterocycles. The van der Waals surface area contributed by atoms with E-state index >= 15 is 0 Å². The van der Waals surface area contributed by atoms with Gasteiger partial charge in [-0.3, -0.25) is 0 Å². The molecule has 21 heavy (non-hydrogen) atoms. The molecule has 0 aliphatic carbocycles. The molecule has 2 heterocycles. The molecule has 1 atom stereocenters. The van der Waals surface area contributed by atoms with E-state index in [0.717, 1.165) is 28.9 Å². The molecular weight excluding hydrogens is 302 g/mol. The van der Waals surface area contributed by atoms with E-state index in [1.807, 2.05) is 17.5 Å². The number of aromatic nitrogens is 2. The summed E-state index contributed by atoms with van der Waals surface area (Å²) >= 11 is 7.56. The SMILES string of the molecule is CC(CCc1ccccc1)Nc1nc(Cl)nc2sccc12. The van der Waals surface area contributed by atoms with Crippen molar-refractivity contribution in [2.75, 3.05) is 5.32 Å². The maximum absolute atomic E-state index is 5.98. The molecule has 3 nitrogen and oxygen atoms in total. The van der Waals surface area contributed by atoms with Crippen molar-refractivity contribution < 1.29 is 0 Å². The van der Waals surface area contributed by atoms with Crippen LogP contribution in [0, 0.1) is 0 Å². The molecule has 108 valence electrons. The molecule has 0 bridgehead atoms. The van der Waals surface area contributed by atoms with Gasteiger partial charge in [-0.2, -0.15) is 0 Å². The summed E-state index contributed by atoms with van der Waals surface area (Å²) in [6.45, 7) is 2.16. The van der Waals surface area contributed by atoms with Crippen molar-refractivity contribution in [3.63, 3.8) is 0 Å². The molecule has 0 aliphatic heterocycles. The first kappa shape index (κ1) is 14.3. The van der Waals surface area contributed by atoms with Gasteiger partial charge in [-0.1, -0.05) is 30.3 Å². The first-order chi connectivity index (χ1) is 10.2. The number of aryl methyl sites for hydroxylation is 1. The molecule has 0 saturated carbocycles. The van der Waals surface area contributed by atoms with Crippen LogP contribution in [0.15, 0.2) is 41.8 Å². The lowest BCUT2D eigenvalue weighted by Crippen LogP contribution is -2.17. The zero-order valence-corrected chi connectivity index (χ0v) is 13.3. The highest BCUT2D eigenvalue weighted by atomic mass is 35.5. The Morgan fingerprint density at radius 1 is 1.19 bits per heavy atom. The highest BCUT2D eigenvalue weighted by molar-refractivity contribution is 7.16. The van der Waals surface area contributed by atoms with Crippen LogP contribution in [0.25, 0.3) is 10.2 Å². The second-order valence-electron chi connectivity index (χ2n) is 5.05. The molecule has 3 rings (SSSR count). The highest BCUT2D eigenvalue weighted by Crippen LogP contribution is 2.27. The van der Waals surface area contributed by atoms with Crippen LogP contribution in [0.3, 0.4) is 0 Å². The Hall–Kier alpha value is -1.65. The number of rotatable bonds is 5. The van der Waals surface area contributed by atoms with Crippen LogP contribution < -0.4 is 5.32 Å². The van der Waals surface area contributed by atoms with Gasteiger partial charge < -0.3 is 5.32 Å². The Morgan fingerprint density at radius 3 is 2.81 bits per heavy atom. The predicted molar refractivity (Wildman–Crippen MR) is 90.3 cm³/mol. The van der Waals surface area contributed by atoms with Gasteiger partial charge >= 0.3 is 0 Å². The van der Waals surface area contributed by atoms with Crippen LogP contribution in [0.5, 0.6) is 0 Å². The van der Waals surface area contributed by atoms with Crippen molar-refractivity contribution >= 4 is 39.0 Å². The first-order valence-electron chi connectivity index (χ1n) is 6.93. The Kier molecular flexibility index (Phi) is 4.36. The summed E-state index contributed by atoms with van der Waals surface area (Å²) in [5.41, 5.74) is 1.35. The maximum Gasteiger partial charge on any atom is 0.225 e. The minimum absolute atomic E-state index is 0.294. The van der Waals surface area contributed by atoms with Crippen LogP contribution in [-0.2, 0) is 6.42 Å². The molecular formula is C16H16ClN3S. The van der Waals surface area contributed by atoms with Gasteiger partial charge in [-0.25, -0.2) is 9.97 Å². The molecule has 0 saturated heterocycles. The summed E-state index contributed by atoms with van der Waals surface area (Å²) in [6.07, 6.45) is 2.08. The smallest absolute Gasteiger partial charge is 0.225 e. The molecule has 0 radical (unpaired) electrons. The van der Waals surface area contributed by atoms with E-state index in [2.05, 4.69) is 46.5 Å². The minimum Gasteiger partial charge on any atom is -0.367 e. The maximum atomic E-state index is 5.98. The van der Waals surface area contributed by atoms with Crippen LogP contribution in [-0.4, -0.2) is 16.0 Å². The number of hydrogen-bond acceptors (Lipinski definition) is 4. The van der Waals surface area contributed by atoms with Crippen molar-refractivity contribution in [2.45, 2.75) is 25.8 Å². The topological polar surface area (TPSA) is 37.8 Å². The number of fused-ring (bicyclic) bond motifs is 1. The lowest BCUT2D eigenvalue weighted by Gasteiger charge is -2.15.